The van der Waals surface area contributed by atoms with Gasteiger partial charge in [0, 0.05) is 40.1 Å². The zero-order valence-corrected chi connectivity index (χ0v) is 17.5. The standard InChI is InChI=1S/C26H18F3N3O/c1-16-5-8-19(9-6-16)31-20-10-11-23-22(14-20)25-17(15-30-23)7-12-24(33)32(25)21-4-2-3-18(13-21)26(27,28)29/h2-15,31H,1H3. The molecule has 7 heteroatoms. The maximum Gasteiger partial charge on any atom is 0.416 e. The van der Waals surface area contributed by atoms with E-state index in [1.165, 1.54) is 22.8 Å². The first-order valence-electron chi connectivity index (χ1n) is 10.3. The third-order valence-corrected chi connectivity index (χ3v) is 5.49. The topological polar surface area (TPSA) is 46.9 Å². The average molecular weight is 445 g/mol. The highest BCUT2D eigenvalue weighted by atomic mass is 19.4. The molecule has 0 unspecified atom stereocenters. The van der Waals surface area contributed by atoms with Gasteiger partial charge in [0.05, 0.1) is 16.6 Å². The number of anilines is 2. The van der Waals surface area contributed by atoms with E-state index in [9.17, 15) is 18.0 Å². The molecule has 164 valence electrons. The van der Waals surface area contributed by atoms with Gasteiger partial charge >= 0.3 is 6.18 Å². The third kappa shape index (κ3) is 3.93. The fourth-order valence-corrected chi connectivity index (χ4v) is 3.87. The van der Waals surface area contributed by atoms with E-state index in [-0.39, 0.29) is 5.69 Å². The zero-order chi connectivity index (χ0) is 23.2. The Morgan fingerprint density at radius 3 is 2.39 bits per heavy atom. The quantitative estimate of drug-likeness (QED) is 0.318. The number of alkyl halides is 3. The molecule has 0 radical (unpaired) electrons. The fraction of sp³-hybridized carbons (Fsp3) is 0.0769. The molecule has 0 spiro atoms. The molecule has 33 heavy (non-hydrogen) atoms. The fourth-order valence-electron chi connectivity index (χ4n) is 3.87. The van der Waals surface area contributed by atoms with Crippen molar-refractivity contribution in [3.63, 3.8) is 0 Å². The number of hydrogen-bond donors (Lipinski definition) is 1. The minimum absolute atomic E-state index is 0.143. The first kappa shape index (κ1) is 20.8. The van der Waals surface area contributed by atoms with Crippen molar-refractivity contribution in [3.05, 3.63) is 107 Å². The Labute approximate surface area is 186 Å². The van der Waals surface area contributed by atoms with Gasteiger partial charge in [-0.2, -0.15) is 13.2 Å². The van der Waals surface area contributed by atoms with Crippen LogP contribution in [0.3, 0.4) is 0 Å². The Morgan fingerprint density at radius 1 is 0.879 bits per heavy atom. The molecule has 0 fully saturated rings. The van der Waals surface area contributed by atoms with Crippen molar-refractivity contribution in [2.75, 3.05) is 5.32 Å². The van der Waals surface area contributed by atoms with E-state index in [0.717, 1.165) is 29.1 Å². The van der Waals surface area contributed by atoms with Crippen molar-refractivity contribution in [2.24, 2.45) is 0 Å². The Kier molecular flexibility index (Phi) is 4.89. The van der Waals surface area contributed by atoms with Crippen LogP contribution in [0.5, 0.6) is 0 Å². The van der Waals surface area contributed by atoms with Crippen LogP contribution in [0, 0.1) is 6.92 Å². The van der Waals surface area contributed by atoms with Crippen molar-refractivity contribution in [1.82, 2.24) is 9.55 Å². The largest absolute Gasteiger partial charge is 0.416 e. The Bertz CT molecular complexity index is 1550. The van der Waals surface area contributed by atoms with Crippen molar-refractivity contribution in [3.8, 4) is 5.69 Å². The molecule has 0 bridgehead atoms. The van der Waals surface area contributed by atoms with Crippen molar-refractivity contribution in [1.29, 1.82) is 0 Å². The highest BCUT2D eigenvalue weighted by molar-refractivity contribution is 6.05. The summed E-state index contributed by atoms with van der Waals surface area (Å²) in [6.07, 6.45) is -2.90. The first-order chi connectivity index (χ1) is 15.8. The molecule has 0 aliphatic heterocycles. The normalized spacial score (nSPS) is 11.8. The van der Waals surface area contributed by atoms with Crippen LogP contribution in [0.4, 0.5) is 24.5 Å². The Morgan fingerprint density at radius 2 is 1.64 bits per heavy atom. The Hall–Kier alpha value is -4.13. The van der Waals surface area contributed by atoms with Crippen molar-refractivity contribution in [2.45, 2.75) is 13.1 Å². The number of nitrogens with zero attached hydrogens (tertiary/aromatic N) is 2. The van der Waals surface area contributed by atoms with Gasteiger partial charge in [-0.1, -0.05) is 23.8 Å². The molecule has 5 rings (SSSR count). The molecular weight excluding hydrogens is 427 g/mol. The van der Waals surface area contributed by atoms with Gasteiger partial charge in [-0.25, -0.2) is 0 Å². The molecule has 1 N–H and O–H groups in total. The number of aryl methyl sites for hydroxylation is 1. The van der Waals surface area contributed by atoms with Gasteiger partial charge in [-0.3, -0.25) is 14.3 Å². The minimum Gasteiger partial charge on any atom is -0.356 e. The first-order valence-corrected chi connectivity index (χ1v) is 10.3. The van der Waals surface area contributed by atoms with Gasteiger partial charge in [-0.15, -0.1) is 0 Å². The lowest BCUT2D eigenvalue weighted by Gasteiger charge is -2.15. The number of hydrogen-bond acceptors (Lipinski definition) is 3. The van der Waals surface area contributed by atoms with E-state index in [2.05, 4.69) is 10.3 Å². The zero-order valence-electron chi connectivity index (χ0n) is 17.5. The molecule has 0 aliphatic rings. The van der Waals surface area contributed by atoms with E-state index in [4.69, 9.17) is 0 Å². The minimum atomic E-state index is -4.51. The van der Waals surface area contributed by atoms with E-state index in [0.29, 0.717) is 21.8 Å². The van der Waals surface area contributed by atoms with Crippen LogP contribution < -0.4 is 10.9 Å². The number of fused-ring (bicyclic) bond motifs is 3. The Balaban J connectivity index is 1.74. The molecule has 3 aromatic carbocycles. The van der Waals surface area contributed by atoms with E-state index >= 15 is 0 Å². The number of nitrogens with one attached hydrogen (secondary N) is 1. The number of rotatable bonds is 3. The highest BCUT2D eigenvalue weighted by Gasteiger charge is 2.30. The summed E-state index contributed by atoms with van der Waals surface area (Å²) in [6.45, 7) is 2.00. The van der Waals surface area contributed by atoms with Gasteiger partial charge in [0.15, 0.2) is 0 Å². The monoisotopic (exact) mass is 445 g/mol. The van der Waals surface area contributed by atoms with Crippen molar-refractivity contribution < 1.29 is 13.2 Å². The lowest BCUT2D eigenvalue weighted by molar-refractivity contribution is -0.137. The summed E-state index contributed by atoms with van der Waals surface area (Å²) >= 11 is 0. The number of halogens is 3. The highest BCUT2D eigenvalue weighted by Crippen LogP contribution is 2.32. The SMILES string of the molecule is Cc1ccc(Nc2ccc3ncc4ccc(=O)n(-c5cccc(C(F)(F)F)c5)c4c3c2)cc1. The molecule has 0 aliphatic carbocycles. The smallest absolute Gasteiger partial charge is 0.356 e. The number of aromatic nitrogens is 2. The summed E-state index contributed by atoms with van der Waals surface area (Å²) in [5, 5.41) is 4.62. The van der Waals surface area contributed by atoms with E-state index in [1.54, 1.807) is 12.3 Å². The molecule has 0 saturated heterocycles. The van der Waals surface area contributed by atoms with E-state index < -0.39 is 17.3 Å². The van der Waals surface area contributed by atoms with Crippen LogP contribution in [0.15, 0.2) is 89.9 Å². The van der Waals surface area contributed by atoms with Crippen LogP contribution in [-0.2, 0) is 6.18 Å². The number of benzene rings is 3. The maximum absolute atomic E-state index is 13.3. The molecule has 0 atom stereocenters. The molecule has 4 nitrogen and oxygen atoms in total. The molecule has 2 aromatic heterocycles. The van der Waals surface area contributed by atoms with Gasteiger partial charge in [0.25, 0.3) is 5.56 Å². The summed E-state index contributed by atoms with van der Waals surface area (Å²) in [5.74, 6) is 0. The number of pyridine rings is 2. The summed E-state index contributed by atoms with van der Waals surface area (Å²) in [6, 6.07) is 21.2. The summed E-state index contributed by atoms with van der Waals surface area (Å²) in [7, 11) is 0. The lowest BCUT2D eigenvalue weighted by atomic mass is 10.1. The predicted octanol–water partition coefficient (Wildman–Crippen LogP) is 6.61. The molecular formula is C26H18F3N3O. The van der Waals surface area contributed by atoms with Gasteiger partial charge in [0.2, 0.25) is 0 Å². The van der Waals surface area contributed by atoms with Crippen LogP contribution in [0.25, 0.3) is 27.5 Å². The van der Waals surface area contributed by atoms with E-state index in [1.807, 2.05) is 49.4 Å². The third-order valence-electron chi connectivity index (χ3n) is 5.49. The lowest BCUT2D eigenvalue weighted by Crippen LogP contribution is -2.18. The molecule has 5 aromatic rings. The van der Waals surface area contributed by atoms with Gasteiger partial charge in [-0.05, 0) is 61.5 Å². The molecule has 0 amide bonds. The van der Waals surface area contributed by atoms with Crippen molar-refractivity contribution >= 4 is 33.2 Å². The van der Waals surface area contributed by atoms with Crippen LogP contribution in [0.1, 0.15) is 11.1 Å². The molecule has 0 saturated carbocycles. The summed E-state index contributed by atoms with van der Waals surface area (Å²) < 4.78 is 41.3. The van der Waals surface area contributed by atoms with Gasteiger partial charge < -0.3 is 5.32 Å². The second kappa shape index (κ2) is 7.78. The molecule has 2 heterocycles. The van der Waals surface area contributed by atoms with Crippen LogP contribution in [0.2, 0.25) is 0 Å². The van der Waals surface area contributed by atoms with Gasteiger partial charge in [0.1, 0.15) is 0 Å². The maximum atomic E-state index is 13.3. The predicted molar refractivity (Wildman–Crippen MR) is 124 cm³/mol. The second-order valence-corrected chi connectivity index (χ2v) is 7.84. The van der Waals surface area contributed by atoms with Crippen LogP contribution >= 0.6 is 0 Å². The summed E-state index contributed by atoms with van der Waals surface area (Å²) in [5.41, 5.74) is 2.83. The summed E-state index contributed by atoms with van der Waals surface area (Å²) in [4.78, 5) is 17.4. The second-order valence-electron chi connectivity index (χ2n) is 7.84. The average Bonchev–Trinajstić information content (AvgIpc) is 2.80. The van der Waals surface area contributed by atoms with Crippen LogP contribution in [-0.4, -0.2) is 9.55 Å².